The number of hydrogen-bond acceptors (Lipinski definition) is 1. The lowest BCUT2D eigenvalue weighted by atomic mass is 9.91. The van der Waals surface area contributed by atoms with Gasteiger partial charge < -0.3 is 5.32 Å². The highest BCUT2D eigenvalue weighted by Gasteiger charge is 2.28. The highest BCUT2D eigenvalue weighted by molar-refractivity contribution is 6.36. The second kappa shape index (κ2) is 6.79. The third kappa shape index (κ3) is 3.20. The van der Waals surface area contributed by atoms with E-state index in [9.17, 15) is 0 Å². The summed E-state index contributed by atoms with van der Waals surface area (Å²) in [6, 6.07) is 6.12. The fourth-order valence-corrected chi connectivity index (χ4v) is 3.54. The molecule has 1 aliphatic carbocycles. The highest BCUT2D eigenvalue weighted by atomic mass is 35.5. The molecule has 100 valence electrons. The summed E-state index contributed by atoms with van der Waals surface area (Å²) in [6.45, 7) is 3.20. The maximum atomic E-state index is 6.36. The van der Waals surface area contributed by atoms with Crippen molar-refractivity contribution in [1.82, 2.24) is 5.32 Å². The second-order valence-electron chi connectivity index (χ2n) is 5.11. The Balaban J connectivity index is 2.26. The zero-order chi connectivity index (χ0) is 13.0. The van der Waals surface area contributed by atoms with Gasteiger partial charge in [0.1, 0.15) is 0 Å². The smallest absolute Gasteiger partial charge is 0.0468 e. The van der Waals surface area contributed by atoms with Crippen LogP contribution in [0, 0.1) is 5.92 Å². The van der Waals surface area contributed by atoms with Crippen molar-refractivity contribution in [3.05, 3.63) is 33.8 Å². The van der Waals surface area contributed by atoms with Crippen LogP contribution in [-0.4, -0.2) is 6.54 Å². The summed E-state index contributed by atoms with van der Waals surface area (Å²) in [5, 5.41) is 5.23. The molecule has 0 heterocycles. The molecule has 1 atom stereocenters. The van der Waals surface area contributed by atoms with E-state index in [0.29, 0.717) is 12.0 Å². The van der Waals surface area contributed by atoms with Crippen LogP contribution in [0.2, 0.25) is 10.0 Å². The van der Waals surface area contributed by atoms with Crippen LogP contribution >= 0.6 is 23.2 Å². The first-order valence-corrected chi connectivity index (χ1v) is 7.67. The Kier molecular flexibility index (Phi) is 5.35. The van der Waals surface area contributed by atoms with Crippen molar-refractivity contribution in [2.75, 3.05) is 6.54 Å². The lowest BCUT2D eigenvalue weighted by Gasteiger charge is -2.27. The molecule has 1 aromatic rings. The number of hydrogen-bond donors (Lipinski definition) is 1. The van der Waals surface area contributed by atoms with E-state index in [1.165, 1.54) is 25.7 Å². The number of benzene rings is 1. The Morgan fingerprint density at radius 2 is 1.83 bits per heavy atom. The predicted molar refractivity (Wildman–Crippen MR) is 79.5 cm³/mol. The molecule has 0 aliphatic heterocycles. The van der Waals surface area contributed by atoms with E-state index in [1.807, 2.05) is 18.2 Å². The maximum absolute atomic E-state index is 6.36. The molecule has 1 nitrogen and oxygen atoms in total. The van der Waals surface area contributed by atoms with E-state index >= 15 is 0 Å². The van der Waals surface area contributed by atoms with Crippen LogP contribution in [0.1, 0.15) is 50.6 Å². The summed E-state index contributed by atoms with van der Waals surface area (Å²) in [7, 11) is 0. The highest BCUT2D eigenvalue weighted by Crippen LogP contribution is 2.40. The number of nitrogens with one attached hydrogen (secondary N) is 1. The van der Waals surface area contributed by atoms with Crippen LogP contribution in [0.5, 0.6) is 0 Å². The van der Waals surface area contributed by atoms with Crippen molar-refractivity contribution < 1.29 is 0 Å². The quantitative estimate of drug-likeness (QED) is 0.782. The van der Waals surface area contributed by atoms with Gasteiger partial charge in [0.15, 0.2) is 0 Å². The van der Waals surface area contributed by atoms with Gasteiger partial charge in [0.25, 0.3) is 0 Å². The van der Waals surface area contributed by atoms with Crippen molar-refractivity contribution in [2.24, 2.45) is 5.92 Å². The van der Waals surface area contributed by atoms with E-state index in [1.54, 1.807) is 0 Å². The predicted octanol–water partition coefficient (Wildman–Crippen LogP) is 5.22. The first-order chi connectivity index (χ1) is 8.74. The summed E-state index contributed by atoms with van der Waals surface area (Å²) in [5.74, 6) is 0.675. The van der Waals surface area contributed by atoms with Crippen molar-refractivity contribution >= 4 is 23.2 Å². The molecule has 2 rings (SSSR count). The minimum Gasteiger partial charge on any atom is -0.310 e. The first kappa shape index (κ1) is 14.2. The Hall–Kier alpha value is -0.240. The van der Waals surface area contributed by atoms with Gasteiger partial charge in [-0.15, -0.1) is 0 Å². The Morgan fingerprint density at radius 3 is 2.39 bits per heavy atom. The zero-order valence-electron chi connectivity index (χ0n) is 10.9. The second-order valence-corrected chi connectivity index (χ2v) is 5.93. The molecule has 0 amide bonds. The summed E-state index contributed by atoms with van der Waals surface area (Å²) in [6.07, 6.45) is 6.35. The molecule has 0 radical (unpaired) electrons. The molecule has 1 unspecified atom stereocenters. The van der Waals surface area contributed by atoms with Gasteiger partial charge in [-0.25, -0.2) is 0 Å². The van der Waals surface area contributed by atoms with Gasteiger partial charge in [-0.2, -0.15) is 0 Å². The zero-order valence-corrected chi connectivity index (χ0v) is 12.4. The number of halogens is 2. The van der Waals surface area contributed by atoms with E-state index in [0.717, 1.165) is 28.6 Å². The van der Waals surface area contributed by atoms with Crippen LogP contribution in [0.15, 0.2) is 18.2 Å². The molecule has 0 saturated heterocycles. The average Bonchev–Trinajstić information content (AvgIpc) is 2.86. The molecule has 1 N–H and O–H groups in total. The Morgan fingerprint density at radius 1 is 1.22 bits per heavy atom. The van der Waals surface area contributed by atoms with Crippen molar-refractivity contribution in [1.29, 1.82) is 0 Å². The normalized spacial score (nSPS) is 18.2. The van der Waals surface area contributed by atoms with Gasteiger partial charge in [-0.3, -0.25) is 0 Å². The van der Waals surface area contributed by atoms with Crippen LogP contribution in [0.25, 0.3) is 0 Å². The standard InChI is InChI=1S/C15H21Cl2N/c1-2-10-18-15(11-6-3-4-7-11)14-12(16)8-5-9-13(14)17/h5,8-9,11,15,18H,2-4,6-7,10H2,1H3. The van der Waals surface area contributed by atoms with E-state index in [2.05, 4.69) is 12.2 Å². The van der Waals surface area contributed by atoms with Crippen molar-refractivity contribution in [2.45, 2.75) is 45.1 Å². The fraction of sp³-hybridized carbons (Fsp3) is 0.600. The summed E-state index contributed by atoms with van der Waals surface area (Å²) >= 11 is 12.7. The van der Waals surface area contributed by atoms with E-state index in [4.69, 9.17) is 23.2 Å². The molecule has 1 fully saturated rings. The topological polar surface area (TPSA) is 12.0 Å². The average molecular weight is 286 g/mol. The monoisotopic (exact) mass is 285 g/mol. The third-order valence-corrected chi connectivity index (χ3v) is 4.46. The molecule has 1 saturated carbocycles. The Bertz CT molecular complexity index is 366. The SMILES string of the molecule is CCCNC(c1c(Cl)cccc1Cl)C1CCCC1. The van der Waals surface area contributed by atoms with Crippen molar-refractivity contribution in [3.8, 4) is 0 Å². The van der Waals surface area contributed by atoms with Gasteiger partial charge in [-0.05, 0) is 43.9 Å². The minimum atomic E-state index is 0.314. The fourth-order valence-electron chi connectivity index (χ4n) is 2.90. The molecular weight excluding hydrogens is 265 g/mol. The van der Waals surface area contributed by atoms with E-state index in [-0.39, 0.29) is 0 Å². The van der Waals surface area contributed by atoms with E-state index < -0.39 is 0 Å². The van der Waals surface area contributed by atoms with Gasteiger partial charge in [0, 0.05) is 21.7 Å². The van der Waals surface area contributed by atoms with Crippen molar-refractivity contribution in [3.63, 3.8) is 0 Å². The molecule has 0 spiro atoms. The third-order valence-electron chi connectivity index (χ3n) is 3.80. The molecule has 3 heteroatoms. The van der Waals surface area contributed by atoms with Gasteiger partial charge in [0.2, 0.25) is 0 Å². The summed E-state index contributed by atoms with van der Waals surface area (Å²) in [5.41, 5.74) is 1.10. The molecule has 1 aromatic carbocycles. The molecule has 18 heavy (non-hydrogen) atoms. The van der Waals surface area contributed by atoms with Crippen LogP contribution in [-0.2, 0) is 0 Å². The molecule has 1 aliphatic rings. The first-order valence-electron chi connectivity index (χ1n) is 6.91. The summed E-state index contributed by atoms with van der Waals surface area (Å²) < 4.78 is 0. The van der Waals surface area contributed by atoms with Crippen LogP contribution < -0.4 is 5.32 Å². The molecular formula is C15H21Cl2N. The van der Waals surface area contributed by atoms with Gasteiger partial charge >= 0.3 is 0 Å². The number of rotatable bonds is 5. The minimum absolute atomic E-state index is 0.314. The maximum Gasteiger partial charge on any atom is 0.0468 e. The summed E-state index contributed by atoms with van der Waals surface area (Å²) in [4.78, 5) is 0. The molecule has 0 aromatic heterocycles. The van der Waals surface area contributed by atoms with Crippen LogP contribution in [0.3, 0.4) is 0 Å². The van der Waals surface area contributed by atoms with Crippen LogP contribution in [0.4, 0.5) is 0 Å². The van der Waals surface area contributed by atoms with Gasteiger partial charge in [0.05, 0.1) is 0 Å². The lowest BCUT2D eigenvalue weighted by Crippen LogP contribution is -2.28. The Labute approximate surface area is 120 Å². The lowest BCUT2D eigenvalue weighted by molar-refractivity contribution is 0.368. The largest absolute Gasteiger partial charge is 0.310 e. The van der Waals surface area contributed by atoms with Gasteiger partial charge in [-0.1, -0.05) is 49.0 Å². The molecule has 0 bridgehead atoms.